The quantitative estimate of drug-likeness (QED) is 0.601. The minimum Gasteiger partial charge on any atom is -0.382 e. The molecule has 3 rings (SSSR count). The molecule has 0 spiro atoms. The van der Waals surface area contributed by atoms with Gasteiger partial charge in [-0.2, -0.15) is 13.2 Å². The minimum absolute atomic E-state index is 0.0706. The molecule has 0 aliphatic heterocycles. The van der Waals surface area contributed by atoms with E-state index in [9.17, 15) is 23.1 Å². The molecule has 29 heavy (non-hydrogen) atoms. The number of nitrogens with two attached hydrogens (primary N) is 2. The van der Waals surface area contributed by atoms with E-state index >= 15 is 0 Å². The maximum atomic E-state index is 13.4. The topological polar surface area (TPSA) is 141 Å². The first kappa shape index (κ1) is 20.1. The van der Waals surface area contributed by atoms with Crippen LogP contribution in [0.15, 0.2) is 43.1 Å². The number of benzene rings is 1. The Balaban J connectivity index is 2.19. The number of anilines is 1. The van der Waals surface area contributed by atoms with E-state index in [2.05, 4.69) is 19.9 Å². The van der Waals surface area contributed by atoms with Crippen LogP contribution in [0.1, 0.15) is 11.1 Å². The Morgan fingerprint density at radius 1 is 1.14 bits per heavy atom. The fraction of sp³-hybridized carbons (Fsp3) is 0.167. The lowest BCUT2D eigenvalue weighted by Gasteiger charge is -2.28. The summed E-state index contributed by atoms with van der Waals surface area (Å²) in [6, 6.07) is 3.29. The van der Waals surface area contributed by atoms with Gasteiger partial charge in [0, 0.05) is 29.1 Å². The Morgan fingerprint density at radius 2 is 1.79 bits per heavy atom. The molecular formula is C18H15F3N6O2. The number of aliphatic hydroxyl groups is 1. The van der Waals surface area contributed by atoms with E-state index in [0.717, 1.165) is 12.1 Å². The summed E-state index contributed by atoms with van der Waals surface area (Å²) < 4.78 is 40.2. The maximum Gasteiger partial charge on any atom is 0.430 e. The van der Waals surface area contributed by atoms with Gasteiger partial charge in [-0.25, -0.2) is 19.9 Å². The number of halogens is 3. The van der Waals surface area contributed by atoms with Gasteiger partial charge in [-0.1, -0.05) is 12.1 Å². The second kappa shape index (κ2) is 7.09. The number of primary amides is 1. The lowest BCUT2D eigenvalue weighted by atomic mass is 9.89. The highest BCUT2D eigenvalue weighted by Gasteiger charge is 2.60. The summed E-state index contributed by atoms with van der Waals surface area (Å²) >= 11 is 0. The molecule has 1 amide bonds. The Morgan fingerprint density at radius 3 is 2.38 bits per heavy atom. The van der Waals surface area contributed by atoms with Crippen molar-refractivity contribution in [1.29, 1.82) is 0 Å². The molecule has 11 heteroatoms. The van der Waals surface area contributed by atoms with Crippen LogP contribution in [-0.2, 0) is 10.4 Å². The van der Waals surface area contributed by atoms with Crippen LogP contribution in [0, 0.1) is 6.92 Å². The number of hydrogen-bond donors (Lipinski definition) is 3. The minimum atomic E-state index is -5.31. The van der Waals surface area contributed by atoms with Crippen LogP contribution in [0.3, 0.4) is 0 Å². The van der Waals surface area contributed by atoms with Crippen LogP contribution in [0.5, 0.6) is 0 Å². The normalized spacial score (nSPS) is 13.7. The third-order valence-corrected chi connectivity index (χ3v) is 4.33. The van der Waals surface area contributed by atoms with Crippen LogP contribution >= 0.6 is 0 Å². The molecule has 2 aromatic heterocycles. The van der Waals surface area contributed by atoms with Crippen LogP contribution in [0.2, 0.25) is 0 Å². The van der Waals surface area contributed by atoms with E-state index in [1.807, 2.05) is 0 Å². The van der Waals surface area contributed by atoms with E-state index in [0.29, 0.717) is 11.1 Å². The van der Waals surface area contributed by atoms with Crippen LogP contribution < -0.4 is 11.5 Å². The van der Waals surface area contributed by atoms with E-state index < -0.39 is 23.2 Å². The molecule has 8 nitrogen and oxygen atoms in total. The summed E-state index contributed by atoms with van der Waals surface area (Å²) in [6.07, 6.45) is 0.175. The highest BCUT2D eigenvalue weighted by molar-refractivity contribution is 5.86. The monoisotopic (exact) mass is 404 g/mol. The van der Waals surface area contributed by atoms with Gasteiger partial charge < -0.3 is 16.6 Å². The zero-order valence-electron chi connectivity index (χ0n) is 15.0. The molecule has 0 saturated heterocycles. The van der Waals surface area contributed by atoms with Crippen LogP contribution in [-0.4, -0.2) is 37.1 Å². The first-order valence-electron chi connectivity index (χ1n) is 8.14. The number of alkyl halides is 3. The average Bonchev–Trinajstić information content (AvgIpc) is 2.68. The van der Waals surface area contributed by atoms with Crippen molar-refractivity contribution >= 4 is 11.7 Å². The summed E-state index contributed by atoms with van der Waals surface area (Å²) in [7, 11) is 0. The number of rotatable bonds is 4. The van der Waals surface area contributed by atoms with Gasteiger partial charge in [-0.05, 0) is 18.6 Å². The molecule has 0 aliphatic carbocycles. The van der Waals surface area contributed by atoms with E-state index in [-0.39, 0.29) is 22.8 Å². The summed E-state index contributed by atoms with van der Waals surface area (Å²) in [4.78, 5) is 27.6. The van der Waals surface area contributed by atoms with Crippen LogP contribution in [0.4, 0.5) is 19.0 Å². The number of carbonyl (C=O) groups is 1. The largest absolute Gasteiger partial charge is 0.430 e. The molecule has 150 valence electrons. The smallest absolute Gasteiger partial charge is 0.382 e. The summed E-state index contributed by atoms with van der Waals surface area (Å²) in [5, 5.41) is 10.1. The summed E-state index contributed by atoms with van der Waals surface area (Å²) in [5.41, 5.74) is 7.72. The second-order valence-electron chi connectivity index (χ2n) is 6.22. The Hall–Kier alpha value is -3.60. The first-order chi connectivity index (χ1) is 13.6. The number of amides is 1. The average molecular weight is 404 g/mol. The van der Waals surface area contributed by atoms with Crippen molar-refractivity contribution in [2.24, 2.45) is 5.73 Å². The third kappa shape index (κ3) is 3.47. The van der Waals surface area contributed by atoms with Crippen molar-refractivity contribution in [1.82, 2.24) is 19.9 Å². The van der Waals surface area contributed by atoms with Gasteiger partial charge in [-0.15, -0.1) is 0 Å². The van der Waals surface area contributed by atoms with Crippen molar-refractivity contribution < 1.29 is 23.1 Å². The predicted molar refractivity (Wildman–Crippen MR) is 96.8 cm³/mol. The molecular weight excluding hydrogens is 389 g/mol. The summed E-state index contributed by atoms with van der Waals surface area (Å²) in [5.74, 6) is -1.87. The highest BCUT2D eigenvalue weighted by atomic mass is 19.4. The molecule has 5 N–H and O–H groups in total. The lowest BCUT2D eigenvalue weighted by molar-refractivity contribution is -0.255. The Kier molecular flexibility index (Phi) is 4.93. The Bertz CT molecular complexity index is 1070. The number of nitrogen functional groups attached to an aromatic ring is 1. The number of carbonyl (C=O) groups excluding carboxylic acids is 1. The van der Waals surface area contributed by atoms with Crippen molar-refractivity contribution in [3.63, 3.8) is 0 Å². The number of aryl methyl sites for hydroxylation is 1. The molecule has 3 aromatic rings. The van der Waals surface area contributed by atoms with E-state index in [1.54, 1.807) is 6.92 Å². The fourth-order valence-corrected chi connectivity index (χ4v) is 2.73. The molecule has 0 bridgehead atoms. The fourth-order valence-electron chi connectivity index (χ4n) is 2.73. The molecule has 1 unspecified atom stereocenters. The van der Waals surface area contributed by atoms with Gasteiger partial charge in [0.1, 0.15) is 17.8 Å². The first-order valence-corrected chi connectivity index (χ1v) is 8.14. The highest BCUT2D eigenvalue weighted by Crippen LogP contribution is 2.40. The number of nitrogens with zero attached hydrogens (tertiary/aromatic N) is 4. The van der Waals surface area contributed by atoms with Gasteiger partial charge in [0.25, 0.3) is 11.5 Å². The van der Waals surface area contributed by atoms with Gasteiger partial charge in [0.2, 0.25) is 0 Å². The van der Waals surface area contributed by atoms with E-state index in [4.69, 9.17) is 11.5 Å². The molecule has 1 atom stereocenters. The van der Waals surface area contributed by atoms with Gasteiger partial charge >= 0.3 is 6.18 Å². The second-order valence-corrected chi connectivity index (χ2v) is 6.22. The summed E-state index contributed by atoms with van der Waals surface area (Å²) in [6.45, 7) is 1.62. The van der Waals surface area contributed by atoms with Gasteiger partial charge in [-0.3, -0.25) is 4.79 Å². The molecule has 0 saturated carbocycles. The third-order valence-electron chi connectivity index (χ3n) is 4.33. The Labute approximate surface area is 162 Å². The molecule has 1 aromatic carbocycles. The predicted octanol–water partition coefficient (Wildman–Crippen LogP) is 1.73. The molecule has 0 fully saturated rings. The number of aromatic nitrogens is 4. The standard InChI is InChI=1S/C18H15F3N6O2/c1-9-2-3-11(17(29,16(23)28)18(19,20)21)4-12(9)13-7-26-15(22)14(27-13)10-5-24-8-25-6-10/h2-8,29H,1H3,(H2,22,26)(H2,23,28). The van der Waals surface area contributed by atoms with E-state index in [1.165, 1.54) is 31.0 Å². The lowest BCUT2D eigenvalue weighted by Crippen LogP contribution is -2.52. The van der Waals surface area contributed by atoms with Crippen molar-refractivity contribution in [3.05, 3.63) is 54.2 Å². The maximum absolute atomic E-state index is 13.4. The van der Waals surface area contributed by atoms with Gasteiger partial charge in [0.05, 0.1) is 11.9 Å². The SMILES string of the molecule is Cc1ccc(C(O)(C(N)=O)C(F)(F)F)cc1-c1cnc(N)c(-c2cncnc2)n1. The van der Waals surface area contributed by atoms with Crippen molar-refractivity contribution in [2.75, 3.05) is 5.73 Å². The van der Waals surface area contributed by atoms with Crippen molar-refractivity contribution in [2.45, 2.75) is 18.7 Å². The number of hydrogen-bond acceptors (Lipinski definition) is 7. The molecule has 0 aliphatic rings. The van der Waals surface area contributed by atoms with Crippen LogP contribution in [0.25, 0.3) is 22.5 Å². The zero-order valence-corrected chi connectivity index (χ0v) is 15.0. The molecule has 0 radical (unpaired) electrons. The van der Waals surface area contributed by atoms with Crippen molar-refractivity contribution in [3.8, 4) is 22.5 Å². The van der Waals surface area contributed by atoms with Gasteiger partial charge in [0.15, 0.2) is 0 Å². The zero-order chi connectivity index (χ0) is 21.4. The molecule has 2 heterocycles.